The van der Waals surface area contributed by atoms with Crippen LogP contribution in [0.5, 0.6) is 5.75 Å². The number of halogens is 1. The third-order valence-corrected chi connectivity index (χ3v) is 5.43. The van der Waals surface area contributed by atoms with Gasteiger partial charge in [-0.1, -0.05) is 31.5 Å². The lowest BCUT2D eigenvalue weighted by Gasteiger charge is -2.33. The Hall–Kier alpha value is -0.690. The molecule has 1 fully saturated rings. The summed E-state index contributed by atoms with van der Waals surface area (Å²) in [6.45, 7) is 2.30. The Labute approximate surface area is 121 Å². The molecule has 1 saturated carbocycles. The molecule has 19 heavy (non-hydrogen) atoms. The van der Waals surface area contributed by atoms with Crippen molar-refractivity contribution in [3.63, 3.8) is 0 Å². The average Bonchev–Trinajstić information content (AvgIpc) is 2.83. The molecule has 0 spiro atoms. The zero-order valence-electron chi connectivity index (χ0n) is 11.6. The second-order valence-electron chi connectivity index (χ2n) is 6.15. The van der Waals surface area contributed by atoms with Crippen LogP contribution < -0.4 is 4.74 Å². The predicted octanol–water partition coefficient (Wildman–Crippen LogP) is 4.81. The van der Waals surface area contributed by atoms with Crippen molar-refractivity contribution in [2.24, 2.45) is 11.8 Å². The maximum Gasteiger partial charge on any atom is 0.123 e. The maximum absolute atomic E-state index is 6.54. The van der Waals surface area contributed by atoms with Gasteiger partial charge in [0.1, 0.15) is 11.9 Å². The first-order chi connectivity index (χ1) is 9.26. The summed E-state index contributed by atoms with van der Waals surface area (Å²) in [6.07, 6.45) is 7.62. The number of alkyl halides is 1. The van der Waals surface area contributed by atoms with E-state index in [4.69, 9.17) is 16.3 Å². The number of ether oxygens (including phenoxy) is 1. The van der Waals surface area contributed by atoms with Gasteiger partial charge in [0.15, 0.2) is 0 Å². The molecule has 0 aromatic heterocycles. The van der Waals surface area contributed by atoms with E-state index in [1.807, 2.05) is 0 Å². The van der Waals surface area contributed by atoms with Crippen LogP contribution in [0.1, 0.15) is 44.6 Å². The van der Waals surface area contributed by atoms with Crippen molar-refractivity contribution in [2.45, 2.75) is 56.9 Å². The molecule has 1 aliphatic heterocycles. The zero-order valence-corrected chi connectivity index (χ0v) is 12.4. The number of rotatable bonds is 3. The first-order valence-electron chi connectivity index (χ1n) is 7.65. The van der Waals surface area contributed by atoms with Crippen molar-refractivity contribution in [3.8, 4) is 5.75 Å². The Kier molecular flexibility index (Phi) is 4.02. The Morgan fingerprint density at radius 1 is 1.26 bits per heavy atom. The molecule has 0 radical (unpaired) electrons. The minimum Gasteiger partial charge on any atom is -0.490 e. The highest BCUT2D eigenvalue weighted by Crippen LogP contribution is 2.39. The third kappa shape index (κ3) is 2.91. The highest BCUT2D eigenvalue weighted by Gasteiger charge is 2.33. The van der Waals surface area contributed by atoms with Crippen molar-refractivity contribution in [2.75, 3.05) is 0 Å². The lowest BCUT2D eigenvalue weighted by molar-refractivity contribution is 0.159. The Morgan fingerprint density at radius 3 is 2.89 bits per heavy atom. The van der Waals surface area contributed by atoms with Crippen molar-refractivity contribution in [1.82, 2.24) is 0 Å². The standard InChI is InChI=1S/C17H23ClO/c1-2-12-7-8-16(18)14(9-12)11-15-10-13-5-3-4-6-17(13)19-15/h3-6,12,14-16H,2,7-11H2,1H3. The highest BCUT2D eigenvalue weighted by atomic mass is 35.5. The van der Waals surface area contributed by atoms with Gasteiger partial charge < -0.3 is 4.74 Å². The SMILES string of the molecule is CCC1CCC(Cl)C(CC2Cc3ccccc3O2)C1. The minimum absolute atomic E-state index is 0.347. The summed E-state index contributed by atoms with van der Waals surface area (Å²) in [5.41, 5.74) is 1.36. The van der Waals surface area contributed by atoms with Crippen molar-refractivity contribution in [1.29, 1.82) is 0 Å². The first-order valence-corrected chi connectivity index (χ1v) is 8.08. The fourth-order valence-electron chi connectivity index (χ4n) is 3.66. The van der Waals surface area contributed by atoms with Crippen LogP contribution in [0.25, 0.3) is 0 Å². The molecule has 0 saturated heterocycles. The van der Waals surface area contributed by atoms with Gasteiger partial charge in [-0.25, -0.2) is 0 Å². The van der Waals surface area contributed by atoms with Crippen LogP contribution in [-0.2, 0) is 6.42 Å². The van der Waals surface area contributed by atoms with Crippen molar-refractivity contribution < 1.29 is 4.74 Å². The summed E-state index contributed by atoms with van der Waals surface area (Å²) in [7, 11) is 0. The molecule has 4 unspecified atom stereocenters. The number of para-hydroxylation sites is 1. The lowest BCUT2D eigenvalue weighted by atomic mass is 9.77. The summed E-state index contributed by atoms with van der Waals surface area (Å²) in [5.74, 6) is 2.60. The van der Waals surface area contributed by atoms with E-state index in [-0.39, 0.29) is 0 Å². The predicted molar refractivity (Wildman–Crippen MR) is 79.9 cm³/mol. The van der Waals surface area contributed by atoms with Gasteiger partial charge in [-0.15, -0.1) is 11.6 Å². The number of hydrogen-bond donors (Lipinski definition) is 0. The second kappa shape index (κ2) is 5.75. The lowest BCUT2D eigenvalue weighted by Crippen LogP contribution is -2.30. The molecule has 2 aliphatic rings. The van der Waals surface area contributed by atoms with Gasteiger partial charge in [0.2, 0.25) is 0 Å². The normalized spacial score (nSPS) is 33.8. The van der Waals surface area contributed by atoms with Crippen molar-refractivity contribution >= 4 is 11.6 Å². The average molecular weight is 279 g/mol. The molecule has 0 N–H and O–H groups in total. The summed E-state index contributed by atoms with van der Waals surface area (Å²) in [4.78, 5) is 0. The topological polar surface area (TPSA) is 9.23 Å². The van der Waals surface area contributed by atoms with E-state index >= 15 is 0 Å². The molecule has 1 aliphatic carbocycles. The van der Waals surface area contributed by atoms with E-state index in [1.54, 1.807) is 0 Å². The van der Waals surface area contributed by atoms with Gasteiger partial charge in [-0.05, 0) is 49.1 Å². The number of hydrogen-bond acceptors (Lipinski definition) is 1. The summed E-state index contributed by atoms with van der Waals surface area (Å²) in [5, 5.41) is 0.357. The monoisotopic (exact) mass is 278 g/mol. The molecule has 104 valence electrons. The molecule has 4 atom stereocenters. The molecule has 0 amide bonds. The second-order valence-corrected chi connectivity index (χ2v) is 6.71. The molecule has 3 rings (SSSR count). The first kappa shape index (κ1) is 13.3. The highest BCUT2D eigenvalue weighted by molar-refractivity contribution is 6.20. The largest absolute Gasteiger partial charge is 0.490 e. The number of benzene rings is 1. The van der Waals surface area contributed by atoms with Crippen LogP contribution >= 0.6 is 11.6 Å². The Morgan fingerprint density at radius 2 is 2.11 bits per heavy atom. The maximum atomic E-state index is 6.54. The molecular formula is C17H23ClO. The van der Waals surface area contributed by atoms with E-state index in [0.29, 0.717) is 17.4 Å². The van der Waals surface area contributed by atoms with Gasteiger partial charge in [-0.2, -0.15) is 0 Å². The third-order valence-electron chi connectivity index (χ3n) is 4.86. The zero-order chi connectivity index (χ0) is 13.2. The van der Waals surface area contributed by atoms with E-state index in [9.17, 15) is 0 Å². The summed E-state index contributed by atoms with van der Waals surface area (Å²) >= 11 is 6.54. The van der Waals surface area contributed by atoms with Crippen LogP contribution in [0.3, 0.4) is 0 Å². The van der Waals surface area contributed by atoms with Crippen molar-refractivity contribution in [3.05, 3.63) is 29.8 Å². The fourth-order valence-corrected chi connectivity index (χ4v) is 3.99. The summed E-state index contributed by atoms with van der Waals surface area (Å²) < 4.78 is 6.07. The molecule has 0 bridgehead atoms. The van der Waals surface area contributed by atoms with E-state index in [0.717, 1.165) is 24.5 Å². The van der Waals surface area contributed by atoms with Gasteiger partial charge in [0, 0.05) is 11.8 Å². The van der Waals surface area contributed by atoms with E-state index in [2.05, 4.69) is 31.2 Å². The molecule has 1 heterocycles. The van der Waals surface area contributed by atoms with Crippen LogP contribution in [0, 0.1) is 11.8 Å². The summed E-state index contributed by atoms with van der Waals surface area (Å²) in [6, 6.07) is 8.42. The fraction of sp³-hybridized carbons (Fsp3) is 0.647. The molecule has 1 aromatic carbocycles. The number of fused-ring (bicyclic) bond motifs is 1. The van der Waals surface area contributed by atoms with Crippen LogP contribution in [0.15, 0.2) is 24.3 Å². The minimum atomic E-state index is 0.347. The van der Waals surface area contributed by atoms with Gasteiger partial charge >= 0.3 is 0 Å². The quantitative estimate of drug-likeness (QED) is 0.721. The van der Waals surface area contributed by atoms with E-state index < -0.39 is 0 Å². The van der Waals surface area contributed by atoms with E-state index in [1.165, 1.54) is 31.2 Å². The van der Waals surface area contributed by atoms with Crippen LogP contribution in [0.2, 0.25) is 0 Å². The van der Waals surface area contributed by atoms with Gasteiger partial charge in [0.25, 0.3) is 0 Å². The Balaban J connectivity index is 1.60. The van der Waals surface area contributed by atoms with Crippen LogP contribution in [0.4, 0.5) is 0 Å². The van der Waals surface area contributed by atoms with Crippen LogP contribution in [-0.4, -0.2) is 11.5 Å². The Bertz CT molecular complexity index is 406. The van der Waals surface area contributed by atoms with Gasteiger partial charge in [-0.3, -0.25) is 0 Å². The van der Waals surface area contributed by atoms with Gasteiger partial charge in [0.05, 0.1) is 0 Å². The smallest absolute Gasteiger partial charge is 0.123 e. The molecule has 2 heteroatoms. The molecular weight excluding hydrogens is 256 g/mol. The molecule has 1 aromatic rings. The molecule has 1 nitrogen and oxygen atoms in total.